The summed E-state index contributed by atoms with van der Waals surface area (Å²) in [6.45, 7) is 6.46. The molecule has 2 aliphatic rings. The largest absolute Gasteiger partial charge is 0.348 e. The Kier molecular flexibility index (Phi) is 6.62. The second-order valence-electron chi connectivity index (χ2n) is 8.70. The average molecular weight is 442 g/mol. The summed E-state index contributed by atoms with van der Waals surface area (Å²) < 4.78 is 25.6. The number of nitrogens with zero attached hydrogens (tertiary/aromatic N) is 2. The number of piperidine rings is 1. The van der Waals surface area contributed by atoms with E-state index in [9.17, 15) is 13.2 Å². The van der Waals surface area contributed by atoms with Crippen molar-refractivity contribution in [3.8, 4) is 0 Å². The van der Waals surface area contributed by atoms with Crippen LogP contribution in [-0.4, -0.2) is 44.6 Å². The SMILES string of the molecule is CC1CCN(Cc2ccccc2CNC(=O)c2ccc(N3CCCS3(=O)=O)cc2)CC1. The lowest BCUT2D eigenvalue weighted by atomic mass is 9.98. The van der Waals surface area contributed by atoms with Gasteiger partial charge in [0.25, 0.3) is 5.91 Å². The third-order valence-electron chi connectivity index (χ3n) is 6.34. The van der Waals surface area contributed by atoms with Crippen molar-refractivity contribution in [2.75, 3.05) is 29.7 Å². The molecule has 2 aromatic carbocycles. The number of nitrogens with one attached hydrogen (secondary N) is 1. The number of hydrogen-bond acceptors (Lipinski definition) is 4. The molecule has 7 heteroatoms. The molecule has 2 aromatic rings. The second-order valence-corrected chi connectivity index (χ2v) is 10.7. The Labute approximate surface area is 185 Å². The van der Waals surface area contributed by atoms with Crippen LogP contribution in [0, 0.1) is 5.92 Å². The highest BCUT2D eigenvalue weighted by atomic mass is 32.2. The molecule has 1 amide bonds. The van der Waals surface area contributed by atoms with Crippen molar-refractivity contribution in [2.45, 2.75) is 39.3 Å². The highest BCUT2D eigenvalue weighted by molar-refractivity contribution is 7.93. The molecule has 0 spiro atoms. The van der Waals surface area contributed by atoms with Crippen LogP contribution in [0.1, 0.15) is 47.7 Å². The fourth-order valence-corrected chi connectivity index (χ4v) is 5.90. The molecule has 2 aliphatic heterocycles. The Balaban J connectivity index is 1.37. The molecule has 0 saturated carbocycles. The van der Waals surface area contributed by atoms with Gasteiger partial charge in [-0.1, -0.05) is 31.2 Å². The van der Waals surface area contributed by atoms with E-state index in [0.717, 1.165) is 31.1 Å². The fraction of sp³-hybridized carbons (Fsp3) is 0.458. The number of likely N-dealkylation sites (tertiary alicyclic amines) is 1. The van der Waals surface area contributed by atoms with Crippen molar-refractivity contribution in [3.05, 3.63) is 65.2 Å². The molecule has 6 nitrogen and oxygen atoms in total. The number of carbonyl (C=O) groups excluding carboxylic acids is 1. The van der Waals surface area contributed by atoms with Crippen LogP contribution in [0.25, 0.3) is 0 Å². The minimum absolute atomic E-state index is 0.155. The molecule has 1 N–H and O–H groups in total. The summed E-state index contributed by atoms with van der Waals surface area (Å²) in [6.07, 6.45) is 3.13. The summed E-state index contributed by atoms with van der Waals surface area (Å²) in [4.78, 5) is 15.2. The van der Waals surface area contributed by atoms with Gasteiger partial charge in [0.15, 0.2) is 0 Å². The van der Waals surface area contributed by atoms with Gasteiger partial charge in [-0.25, -0.2) is 8.42 Å². The van der Waals surface area contributed by atoms with Crippen LogP contribution in [0.2, 0.25) is 0 Å². The van der Waals surface area contributed by atoms with E-state index in [4.69, 9.17) is 0 Å². The molecule has 0 atom stereocenters. The number of rotatable bonds is 6. The van der Waals surface area contributed by atoms with Crippen molar-refractivity contribution in [3.63, 3.8) is 0 Å². The second kappa shape index (κ2) is 9.40. The van der Waals surface area contributed by atoms with Gasteiger partial charge in [-0.15, -0.1) is 0 Å². The first-order chi connectivity index (χ1) is 14.9. The third-order valence-corrected chi connectivity index (χ3v) is 8.21. The van der Waals surface area contributed by atoms with Crippen molar-refractivity contribution in [1.29, 1.82) is 0 Å². The van der Waals surface area contributed by atoms with Crippen LogP contribution in [-0.2, 0) is 23.1 Å². The van der Waals surface area contributed by atoms with E-state index in [1.54, 1.807) is 24.3 Å². The maximum Gasteiger partial charge on any atom is 0.251 e. The van der Waals surface area contributed by atoms with Gasteiger partial charge in [0.1, 0.15) is 0 Å². The van der Waals surface area contributed by atoms with E-state index in [1.165, 1.54) is 22.7 Å². The topological polar surface area (TPSA) is 69.7 Å². The summed E-state index contributed by atoms with van der Waals surface area (Å²) in [5.41, 5.74) is 3.54. The number of anilines is 1. The Bertz CT molecular complexity index is 1010. The van der Waals surface area contributed by atoms with Gasteiger partial charge in [0.2, 0.25) is 10.0 Å². The van der Waals surface area contributed by atoms with Crippen molar-refractivity contribution >= 4 is 21.6 Å². The Morgan fingerprint density at radius 3 is 2.32 bits per heavy atom. The molecule has 2 heterocycles. The molecule has 31 heavy (non-hydrogen) atoms. The summed E-state index contributed by atoms with van der Waals surface area (Å²) in [5, 5.41) is 3.02. The highest BCUT2D eigenvalue weighted by Gasteiger charge is 2.28. The molecule has 2 fully saturated rings. The van der Waals surface area contributed by atoms with Crippen LogP contribution in [0.15, 0.2) is 48.5 Å². The summed E-state index contributed by atoms with van der Waals surface area (Å²) in [5.74, 6) is 0.839. The molecule has 2 saturated heterocycles. The van der Waals surface area contributed by atoms with Crippen LogP contribution in [0.3, 0.4) is 0 Å². The summed E-state index contributed by atoms with van der Waals surface area (Å²) in [6, 6.07) is 15.1. The van der Waals surface area contributed by atoms with Crippen molar-refractivity contribution < 1.29 is 13.2 Å². The molecular formula is C24H31N3O3S. The molecule has 4 rings (SSSR count). The van der Waals surface area contributed by atoms with Crippen molar-refractivity contribution in [2.24, 2.45) is 5.92 Å². The number of carbonyl (C=O) groups is 1. The number of hydrogen-bond donors (Lipinski definition) is 1. The van der Waals surface area contributed by atoms with Gasteiger partial charge in [0.05, 0.1) is 11.4 Å². The Hall–Kier alpha value is -2.38. The molecular weight excluding hydrogens is 410 g/mol. The maximum atomic E-state index is 12.7. The highest BCUT2D eigenvalue weighted by Crippen LogP contribution is 2.24. The molecule has 166 valence electrons. The van der Waals surface area contributed by atoms with E-state index >= 15 is 0 Å². The first-order valence-corrected chi connectivity index (χ1v) is 12.7. The predicted octanol–water partition coefficient (Wildman–Crippen LogP) is 3.39. The zero-order valence-corrected chi connectivity index (χ0v) is 18.9. The van der Waals surface area contributed by atoms with Gasteiger partial charge >= 0.3 is 0 Å². The minimum Gasteiger partial charge on any atom is -0.348 e. The van der Waals surface area contributed by atoms with Gasteiger partial charge in [-0.3, -0.25) is 14.0 Å². The van der Waals surface area contributed by atoms with Crippen LogP contribution in [0.5, 0.6) is 0 Å². The number of sulfonamides is 1. The summed E-state index contributed by atoms with van der Waals surface area (Å²) in [7, 11) is -3.21. The van der Waals surface area contributed by atoms with E-state index in [2.05, 4.69) is 35.3 Å². The van der Waals surface area contributed by atoms with Crippen molar-refractivity contribution in [1.82, 2.24) is 10.2 Å². The first-order valence-electron chi connectivity index (χ1n) is 11.1. The standard InChI is InChI=1S/C24H31N3O3S/c1-19-11-14-26(15-12-19)18-22-6-3-2-5-21(22)17-25-24(28)20-7-9-23(10-8-20)27-13-4-16-31(27,29)30/h2-3,5-10,19H,4,11-18H2,1H3,(H,25,28). The Morgan fingerprint density at radius 2 is 1.68 bits per heavy atom. The average Bonchev–Trinajstić information content (AvgIpc) is 3.13. The maximum absolute atomic E-state index is 12.7. The molecule has 0 aromatic heterocycles. The number of benzene rings is 2. The first kappa shape index (κ1) is 21.8. The molecule has 0 radical (unpaired) electrons. The predicted molar refractivity (Wildman–Crippen MR) is 123 cm³/mol. The van der Waals surface area contributed by atoms with E-state index in [-0.39, 0.29) is 11.7 Å². The monoisotopic (exact) mass is 441 g/mol. The summed E-state index contributed by atoms with van der Waals surface area (Å²) >= 11 is 0. The zero-order valence-electron chi connectivity index (χ0n) is 18.1. The lowest BCUT2D eigenvalue weighted by Gasteiger charge is -2.30. The minimum atomic E-state index is -3.21. The van der Waals surface area contributed by atoms with Gasteiger partial charge in [-0.05, 0) is 73.7 Å². The van der Waals surface area contributed by atoms with E-state index < -0.39 is 10.0 Å². The van der Waals surface area contributed by atoms with Crippen LogP contribution >= 0.6 is 0 Å². The van der Waals surface area contributed by atoms with E-state index in [1.807, 2.05) is 6.07 Å². The number of amides is 1. The quantitative estimate of drug-likeness (QED) is 0.746. The fourth-order valence-electron chi connectivity index (χ4n) is 4.33. The molecule has 0 unspecified atom stereocenters. The Morgan fingerprint density at radius 1 is 1.00 bits per heavy atom. The molecule has 0 bridgehead atoms. The van der Waals surface area contributed by atoms with Gasteiger partial charge < -0.3 is 5.32 Å². The molecule has 0 aliphatic carbocycles. The van der Waals surface area contributed by atoms with Crippen LogP contribution < -0.4 is 9.62 Å². The van der Waals surface area contributed by atoms with Gasteiger partial charge in [-0.2, -0.15) is 0 Å². The lowest BCUT2D eigenvalue weighted by molar-refractivity contribution is 0.0950. The lowest BCUT2D eigenvalue weighted by Crippen LogP contribution is -2.33. The third kappa shape index (κ3) is 5.28. The van der Waals surface area contributed by atoms with Gasteiger partial charge in [0, 0.05) is 25.2 Å². The van der Waals surface area contributed by atoms with Crippen LogP contribution in [0.4, 0.5) is 5.69 Å². The normalized spacial score (nSPS) is 19.5. The zero-order chi connectivity index (χ0) is 21.8. The smallest absolute Gasteiger partial charge is 0.251 e. The van der Waals surface area contributed by atoms with E-state index in [0.29, 0.717) is 30.8 Å².